The Labute approximate surface area is 160 Å². The molecule has 0 atom stereocenters. The molecule has 0 unspecified atom stereocenters. The number of benzene rings is 2. The van der Waals surface area contributed by atoms with Crippen LogP contribution < -0.4 is 0 Å². The number of hydrogen-bond donors (Lipinski definition) is 0. The Hall–Kier alpha value is -1.89. The van der Waals surface area contributed by atoms with Gasteiger partial charge in [-0.1, -0.05) is 88.8 Å². The minimum absolute atomic E-state index is 1.03. The molecule has 0 amide bonds. The molecule has 2 rings (SSSR count). The van der Waals surface area contributed by atoms with E-state index in [4.69, 9.17) is 0 Å². The number of rotatable bonds is 12. The number of aliphatic imine (C=N–C) groups is 1. The molecule has 2 aromatic carbocycles. The van der Waals surface area contributed by atoms with Crippen molar-refractivity contribution in [2.45, 2.75) is 78.1 Å². The Morgan fingerprint density at radius 2 is 1.15 bits per heavy atom. The van der Waals surface area contributed by atoms with Gasteiger partial charge >= 0.3 is 0 Å². The fraction of sp³-hybridized carbons (Fsp3) is 0.480. The highest BCUT2D eigenvalue weighted by Crippen LogP contribution is 2.15. The Balaban J connectivity index is 1.76. The van der Waals surface area contributed by atoms with Crippen molar-refractivity contribution in [2.24, 2.45) is 4.99 Å². The highest BCUT2D eigenvalue weighted by Gasteiger charge is 1.96. The van der Waals surface area contributed by atoms with Crippen molar-refractivity contribution >= 4 is 11.9 Å². The van der Waals surface area contributed by atoms with Crippen molar-refractivity contribution in [1.82, 2.24) is 0 Å². The van der Waals surface area contributed by atoms with Crippen molar-refractivity contribution < 1.29 is 0 Å². The monoisotopic (exact) mass is 349 g/mol. The molecule has 0 aliphatic carbocycles. The van der Waals surface area contributed by atoms with Crippen LogP contribution in [0.4, 0.5) is 5.69 Å². The van der Waals surface area contributed by atoms with Gasteiger partial charge in [0.2, 0.25) is 0 Å². The first kappa shape index (κ1) is 20.4. The second-order valence-corrected chi connectivity index (χ2v) is 7.29. The highest BCUT2D eigenvalue weighted by atomic mass is 14.7. The van der Waals surface area contributed by atoms with Crippen molar-refractivity contribution in [3.05, 3.63) is 65.2 Å². The zero-order valence-corrected chi connectivity index (χ0v) is 16.7. The summed E-state index contributed by atoms with van der Waals surface area (Å²) in [5.74, 6) is 0. The van der Waals surface area contributed by atoms with Gasteiger partial charge in [0.15, 0.2) is 0 Å². The van der Waals surface area contributed by atoms with Gasteiger partial charge in [-0.3, -0.25) is 4.99 Å². The van der Waals surface area contributed by atoms with E-state index in [1.54, 1.807) is 0 Å². The molecule has 1 nitrogen and oxygen atoms in total. The van der Waals surface area contributed by atoms with E-state index in [0.717, 1.165) is 5.69 Å². The van der Waals surface area contributed by atoms with E-state index in [1.807, 2.05) is 6.21 Å². The van der Waals surface area contributed by atoms with Crippen LogP contribution in [0.1, 0.15) is 81.9 Å². The largest absolute Gasteiger partial charge is 0.256 e. The first-order valence-corrected chi connectivity index (χ1v) is 10.5. The summed E-state index contributed by atoms with van der Waals surface area (Å²) in [5.41, 5.74) is 5.05. The molecule has 0 radical (unpaired) electrons. The van der Waals surface area contributed by atoms with Crippen LogP contribution in [0.5, 0.6) is 0 Å². The van der Waals surface area contributed by atoms with Crippen molar-refractivity contribution in [3.8, 4) is 0 Å². The summed E-state index contributed by atoms with van der Waals surface area (Å²) >= 11 is 0. The Morgan fingerprint density at radius 1 is 0.615 bits per heavy atom. The maximum Gasteiger partial charge on any atom is 0.0630 e. The molecule has 0 aromatic heterocycles. The summed E-state index contributed by atoms with van der Waals surface area (Å²) in [6, 6.07) is 17.5. The fourth-order valence-electron chi connectivity index (χ4n) is 3.16. The molecule has 0 saturated heterocycles. The van der Waals surface area contributed by atoms with Crippen LogP contribution in [0.2, 0.25) is 0 Å². The predicted molar refractivity (Wildman–Crippen MR) is 116 cm³/mol. The molecule has 0 aliphatic rings. The van der Waals surface area contributed by atoms with Gasteiger partial charge in [-0.2, -0.15) is 0 Å². The third kappa shape index (κ3) is 7.99. The van der Waals surface area contributed by atoms with Gasteiger partial charge in [0.1, 0.15) is 0 Å². The van der Waals surface area contributed by atoms with Crippen molar-refractivity contribution in [1.29, 1.82) is 0 Å². The van der Waals surface area contributed by atoms with Gasteiger partial charge in [0.05, 0.1) is 5.69 Å². The molecule has 0 aliphatic heterocycles. The normalized spacial score (nSPS) is 11.3. The summed E-state index contributed by atoms with van der Waals surface area (Å²) < 4.78 is 0. The van der Waals surface area contributed by atoms with Crippen LogP contribution in [0.3, 0.4) is 0 Å². The lowest BCUT2D eigenvalue weighted by Gasteiger charge is -2.03. The van der Waals surface area contributed by atoms with E-state index in [-0.39, 0.29) is 0 Å². The quantitative estimate of drug-likeness (QED) is 0.275. The molecule has 1 heteroatoms. The van der Waals surface area contributed by atoms with Crippen LogP contribution in [0.25, 0.3) is 0 Å². The average Bonchev–Trinajstić information content (AvgIpc) is 2.69. The number of nitrogens with zero attached hydrogens (tertiary/aromatic N) is 1. The molecule has 0 saturated carbocycles. The van der Waals surface area contributed by atoms with Gasteiger partial charge < -0.3 is 0 Å². The van der Waals surface area contributed by atoms with E-state index >= 15 is 0 Å². The minimum atomic E-state index is 1.03. The van der Waals surface area contributed by atoms with E-state index in [1.165, 1.54) is 80.9 Å². The van der Waals surface area contributed by atoms with Gasteiger partial charge in [-0.05, 0) is 54.5 Å². The predicted octanol–water partition coefficient (Wildman–Crippen LogP) is 7.68. The molecule has 0 N–H and O–H groups in total. The lowest BCUT2D eigenvalue weighted by Crippen LogP contribution is -1.88. The smallest absolute Gasteiger partial charge is 0.0630 e. The van der Waals surface area contributed by atoms with E-state index < -0.39 is 0 Å². The van der Waals surface area contributed by atoms with E-state index in [9.17, 15) is 0 Å². The molecule has 0 bridgehead atoms. The molecule has 0 spiro atoms. The van der Waals surface area contributed by atoms with Gasteiger partial charge in [0, 0.05) is 6.21 Å². The SMILES string of the molecule is CCCCCCCCc1ccc(C=Nc2ccc(CCCC)cc2)cc1. The Morgan fingerprint density at radius 3 is 1.81 bits per heavy atom. The zero-order valence-electron chi connectivity index (χ0n) is 16.7. The number of aryl methyl sites for hydroxylation is 2. The summed E-state index contributed by atoms with van der Waals surface area (Å²) in [6.07, 6.45) is 15.0. The number of unbranched alkanes of at least 4 members (excludes halogenated alkanes) is 6. The molecule has 26 heavy (non-hydrogen) atoms. The van der Waals surface area contributed by atoms with Crippen molar-refractivity contribution in [2.75, 3.05) is 0 Å². The summed E-state index contributed by atoms with van der Waals surface area (Å²) in [4.78, 5) is 4.61. The third-order valence-electron chi connectivity index (χ3n) is 4.92. The second-order valence-electron chi connectivity index (χ2n) is 7.29. The first-order valence-electron chi connectivity index (χ1n) is 10.5. The van der Waals surface area contributed by atoms with E-state index in [2.05, 4.69) is 67.4 Å². The van der Waals surface area contributed by atoms with Crippen LogP contribution in [0.15, 0.2) is 53.5 Å². The van der Waals surface area contributed by atoms with Crippen molar-refractivity contribution in [3.63, 3.8) is 0 Å². The number of hydrogen-bond acceptors (Lipinski definition) is 1. The van der Waals surface area contributed by atoms with Crippen LogP contribution >= 0.6 is 0 Å². The zero-order chi connectivity index (χ0) is 18.5. The standard InChI is InChI=1S/C25H35N/c1-3-5-7-8-9-10-12-23-13-15-24(16-14-23)21-26-25-19-17-22(18-20-25)11-6-4-2/h13-21H,3-12H2,1-2H3. The molecular formula is C25H35N. The van der Waals surface area contributed by atoms with Gasteiger partial charge in [0.25, 0.3) is 0 Å². The second kappa shape index (κ2) is 12.5. The van der Waals surface area contributed by atoms with Crippen LogP contribution in [0, 0.1) is 0 Å². The van der Waals surface area contributed by atoms with Crippen LogP contribution in [-0.4, -0.2) is 6.21 Å². The molecular weight excluding hydrogens is 314 g/mol. The first-order chi connectivity index (χ1) is 12.8. The summed E-state index contributed by atoms with van der Waals surface area (Å²) in [7, 11) is 0. The molecule has 2 aromatic rings. The van der Waals surface area contributed by atoms with Gasteiger partial charge in [-0.25, -0.2) is 0 Å². The maximum absolute atomic E-state index is 4.61. The molecule has 140 valence electrons. The maximum atomic E-state index is 4.61. The van der Waals surface area contributed by atoms with E-state index in [0.29, 0.717) is 0 Å². The Bertz CT molecular complexity index is 622. The summed E-state index contributed by atoms with van der Waals surface area (Å²) in [6.45, 7) is 4.50. The highest BCUT2D eigenvalue weighted by molar-refractivity contribution is 5.81. The average molecular weight is 350 g/mol. The lowest BCUT2D eigenvalue weighted by atomic mass is 10.0. The third-order valence-corrected chi connectivity index (χ3v) is 4.92. The summed E-state index contributed by atoms with van der Waals surface area (Å²) in [5, 5.41) is 0. The minimum Gasteiger partial charge on any atom is -0.256 e. The lowest BCUT2D eigenvalue weighted by molar-refractivity contribution is 0.607. The molecule has 0 fully saturated rings. The fourth-order valence-corrected chi connectivity index (χ4v) is 3.16. The van der Waals surface area contributed by atoms with Gasteiger partial charge in [-0.15, -0.1) is 0 Å². The molecule has 0 heterocycles. The topological polar surface area (TPSA) is 12.4 Å². The van der Waals surface area contributed by atoms with Crippen LogP contribution in [-0.2, 0) is 12.8 Å². The Kier molecular flexibility index (Phi) is 9.79.